The van der Waals surface area contributed by atoms with E-state index in [0.717, 1.165) is 5.56 Å². The number of methoxy groups -OCH3 is 1. The summed E-state index contributed by atoms with van der Waals surface area (Å²) in [4.78, 5) is 31.6. The van der Waals surface area contributed by atoms with Crippen LogP contribution in [-0.2, 0) is 16.1 Å². The Kier molecular flexibility index (Phi) is 9.69. The van der Waals surface area contributed by atoms with Crippen molar-refractivity contribution in [3.05, 3.63) is 118 Å². The van der Waals surface area contributed by atoms with Gasteiger partial charge in [-0.25, -0.2) is 9.79 Å². The van der Waals surface area contributed by atoms with Crippen molar-refractivity contribution in [3.8, 4) is 17.2 Å². The molecule has 8 nitrogen and oxygen atoms in total. The standard InChI is InChI=1S/C32H28BrClN2O6S/c1-4-40-25-12-11-21(16-26(25)41-5-2)28-22(31(38)39-3)17-35-32-36(28)30(37)27(43-32)15-20-13-23(33)29(24(34)14-20)42-18-19-9-7-6-8-10-19/h6-17,28H,4-5,18H2,1-3H3/b27-15-/t28-/m1/s1. The Morgan fingerprint density at radius 1 is 1.05 bits per heavy atom. The van der Waals surface area contributed by atoms with Gasteiger partial charge in [0, 0.05) is 6.20 Å². The molecule has 0 fully saturated rings. The predicted molar refractivity (Wildman–Crippen MR) is 170 cm³/mol. The third kappa shape index (κ3) is 6.56. The van der Waals surface area contributed by atoms with E-state index in [0.29, 0.717) is 67.0 Å². The van der Waals surface area contributed by atoms with Crippen LogP contribution in [0.1, 0.15) is 36.6 Å². The molecule has 2 heterocycles. The number of carbonyl (C=O) groups excluding carboxylic acids is 1. The van der Waals surface area contributed by atoms with Crippen molar-refractivity contribution in [2.75, 3.05) is 20.3 Å². The van der Waals surface area contributed by atoms with Crippen LogP contribution in [0.15, 0.2) is 86.7 Å². The van der Waals surface area contributed by atoms with Crippen molar-refractivity contribution in [1.82, 2.24) is 4.57 Å². The van der Waals surface area contributed by atoms with Gasteiger partial charge in [0.2, 0.25) is 0 Å². The van der Waals surface area contributed by atoms with E-state index in [2.05, 4.69) is 20.9 Å². The van der Waals surface area contributed by atoms with Crippen LogP contribution in [0.2, 0.25) is 5.02 Å². The minimum absolute atomic E-state index is 0.221. The smallest absolute Gasteiger partial charge is 0.337 e. The fraction of sp³-hybridized carbons (Fsp3) is 0.219. The molecule has 11 heteroatoms. The zero-order valence-electron chi connectivity index (χ0n) is 23.6. The van der Waals surface area contributed by atoms with Gasteiger partial charge in [0.1, 0.15) is 6.61 Å². The van der Waals surface area contributed by atoms with Gasteiger partial charge in [-0.05, 0) is 76.8 Å². The summed E-state index contributed by atoms with van der Waals surface area (Å²) in [6.45, 7) is 4.99. The van der Waals surface area contributed by atoms with E-state index in [9.17, 15) is 9.59 Å². The van der Waals surface area contributed by atoms with Gasteiger partial charge < -0.3 is 18.9 Å². The van der Waals surface area contributed by atoms with E-state index < -0.39 is 12.0 Å². The Bertz CT molecular complexity index is 1850. The number of benzene rings is 3. The van der Waals surface area contributed by atoms with Crippen molar-refractivity contribution in [3.63, 3.8) is 0 Å². The lowest BCUT2D eigenvalue weighted by atomic mass is 9.97. The van der Waals surface area contributed by atoms with E-state index in [1.807, 2.05) is 56.3 Å². The van der Waals surface area contributed by atoms with Crippen LogP contribution in [0.5, 0.6) is 17.2 Å². The van der Waals surface area contributed by atoms with Crippen LogP contribution in [0.3, 0.4) is 0 Å². The summed E-state index contributed by atoms with van der Waals surface area (Å²) in [6, 6.07) is 17.9. The minimum Gasteiger partial charge on any atom is -0.490 e. The Balaban J connectivity index is 1.55. The maximum Gasteiger partial charge on any atom is 0.337 e. The molecule has 0 radical (unpaired) electrons. The first-order valence-corrected chi connectivity index (χ1v) is 15.5. The van der Waals surface area contributed by atoms with E-state index in [1.54, 1.807) is 24.3 Å². The summed E-state index contributed by atoms with van der Waals surface area (Å²) in [5.41, 5.74) is 2.26. The topological polar surface area (TPSA) is 88.4 Å². The van der Waals surface area contributed by atoms with Gasteiger partial charge in [-0.2, -0.15) is 0 Å². The molecule has 5 rings (SSSR count). The third-order valence-corrected chi connectivity index (χ3v) is 8.42. The highest BCUT2D eigenvalue weighted by atomic mass is 79.9. The van der Waals surface area contributed by atoms with Crippen LogP contribution in [-0.4, -0.2) is 30.9 Å². The van der Waals surface area contributed by atoms with E-state index in [-0.39, 0.29) is 11.1 Å². The molecular weight excluding hydrogens is 656 g/mol. The summed E-state index contributed by atoms with van der Waals surface area (Å²) < 4.78 is 25.1. The molecular formula is C32H28BrClN2O6S. The first-order valence-electron chi connectivity index (χ1n) is 13.5. The van der Waals surface area contributed by atoms with Crippen molar-refractivity contribution in [2.45, 2.75) is 26.5 Å². The van der Waals surface area contributed by atoms with Crippen LogP contribution >= 0.6 is 38.9 Å². The van der Waals surface area contributed by atoms with E-state index in [4.69, 9.17) is 30.5 Å². The Labute approximate surface area is 265 Å². The lowest BCUT2D eigenvalue weighted by Crippen LogP contribution is -2.39. The van der Waals surface area contributed by atoms with Crippen molar-refractivity contribution in [1.29, 1.82) is 0 Å². The van der Waals surface area contributed by atoms with Gasteiger partial charge in [0.05, 0.1) is 46.0 Å². The zero-order valence-corrected chi connectivity index (χ0v) is 26.8. The molecule has 0 aliphatic carbocycles. The van der Waals surface area contributed by atoms with Gasteiger partial charge >= 0.3 is 5.97 Å². The molecule has 0 unspecified atom stereocenters. The first kappa shape index (κ1) is 30.6. The molecule has 1 atom stereocenters. The first-order chi connectivity index (χ1) is 20.8. The molecule has 1 aliphatic rings. The molecule has 1 aliphatic heterocycles. The average Bonchev–Trinajstić information content (AvgIpc) is 3.32. The lowest BCUT2D eigenvalue weighted by Gasteiger charge is -2.23. The predicted octanol–water partition coefficient (Wildman–Crippen LogP) is 5.81. The summed E-state index contributed by atoms with van der Waals surface area (Å²) in [7, 11) is 1.30. The number of aromatic nitrogens is 1. The zero-order chi connectivity index (χ0) is 30.5. The van der Waals surface area contributed by atoms with Gasteiger partial charge in [-0.3, -0.25) is 9.36 Å². The SMILES string of the molecule is CCOc1ccc([C@@H]2C(C(=O)OC)=CN=c3s/c(=C\c4cc(Cl)c(OCc5ccccc5)c(Br)c4)c(=O)n32)cc1OCC. The number of nitrogens with zero attached hydrogens (tertiary/aromatic N) is 2. The molecule has 3 aromatic carbocycles. The second-order valence-electron chi connectivity index (χ2n) is 9.34. The molecule has 43 heavy (non-hydrogen) atoms. The number of carbonyl (C=O) groups is 1. The summed E-state index contributed by atoms with van der Waals surface area (Å²) in [5.74, 6) is 1.01. The number of ether oxygens (including phenoxy) is 4. The number of thiazole rings is 1. The summed E-state index contributed by atoms with van der Waals surface area (Å²) in [6.07, 6.45) is 3.19. The molecule has 0 bridgehead atoms. The molecule has 0 spiro atoms. The fourth-order valence-corrected chi connectivity index (χ4v) is 6.63. The van der Waals surface area contributed by atoms with E-state index >= 15 is 0 Å². The number of rotatable bonds is 10. The Morgan fingerprint density at radius 3 is 2.49 bits per heavy atom. The quantitative estimate of drug-likeness (QED) is 0.196. The highest BCUT2D eigenvalue weighted by Gasteiger charge is 2.31. The highest BCUT2D eigenvalue weighted by Crippen LogP contribution is 2.36. The van der Waals surface area contributed by atoms with Gasteiger partial charge in [0.15, 0.2) is 22.0 Å². The van der Waals surface area contributed by atoms with Crippen LogP contribution in [0, 0.1) is 0 Å². The van der Waals surface area contributed by atoms with Crippen LogP contribution in [0.4, 0.5) is 0 Å². The third-order valence-electron chi connectivity index (χ3n) is 6.55. The molecule has 0 saturated heterocycles. The van der Waals surface area contributed by atoms with Crippen molar-refractivity contribution < 1.29 is 23.7 Å². The van der Waals surface area contributed by atoms with Gasteiger partial charge in [-0.1, -0.05) is 59.3 Å². The van der Waals surface area contributed by atoms with Gasteiger partial charge in [0.25, 0.3) is 5.56 Å². The number of fused-ring (bicyclic) bond motifs is 1. The lowest BCUT2D eigenvalue weighted by molar-refractivity contribution is -0.136. The summed E-state index contributed by atoms with van der Waals surface area (Å²) in [5, 5.41) is 0.396. The maximum absolute atomic E-state index is 13.9. The average molecular weight is 684 g/mol. The van der Waals surface area contributed by atoms with Gasteiger partial charge in [-0.15, -0.1) is 0 Å². The number of hydrogen-bond donors (Lipinski definition) is 0. The van der Waals surface area contributed by atoms with Crippen molar-refractivity contribution in [2.24, 2.45) is 4.99 Å². The second-order valence-corrected chi connectivity index (χ2v) is 11.6. The Morgan fingerprint density at radius 2 is 1.79 bits per heavy atom. The number of hydrogen-bond acceptors (Lipinski definition) is 8. The monoisotopic (exact) mass is 682 g/mol. The van der Waals surface area contributed by atoms with Crippen LogP contribution < -0.4 is 29.1 Å². The minimum atomic E-state index is -0.787. The molecule has 0 N–H and O–H groups in total. The normalized spacial score (nSPS) is 14.4. The largest absolute Gasteiger partial charge is 0.490 e. The highest BCUT2D eigenvalue weighted by molar-refractivity contribution is 9.10. The maximum atomic E-state index is 13.9. The van der Waals surface area contributed by atoms with Crippen molar-refractivity contribution >= 4 is 50.9 Å². The molecule has 1 aromatic heterocycles. The molecule has 0 amide bonds. The second kappa shape index (κ2) is 13.6. The summed E-state index contributed by atoms with van der Waals surface area (Å²) >= 11 is 11.4. The van der Waals surface area contributed by atoms with Crippen LogP contribution in [0.25, 0.3) is 6.08 Å². The Hall–Kier alpha value is -3.86. The van der Waals surface area contributed by atoms with E-state index in [1.165, 1.54) is 29.2 Å². The fourth-order valence-electron chi connectivity index (χ4n) is 4.67. The number of halogens is 2. The number of esters is 1. The molecule has 0 saturated carbocycles. The molecule has 4 aromatic rings. The molecule has 222 valence electrons.